The first-order valence-corrected chi connectivity index (χ1v) is 5.91. The van der Waals surface area contributed by atoms with Crippen molar-refractivity contribution in [3.05, 3.63) is 24.0 Å². The molecule has 3 N–H and O–H groups in total. The average Bonchev–Trinajstić information content (AvgIpc) is 2.39. The number of hydrogen-bond donors (Lipinski definition) is 3. The maximum absolute atomic E-state index is 11.8. The van der Waals surface area contributed by atoms with E-state index in [1.165, 1.54) is 30.4 Å². The Balaban J connectivity index is 2.63. The van der Waals surface area contributed by atoms with Gasteiger partial charge in [-0.3, -0.25) is 9.78 Å². The Morgan fingerprint density at radius 1 is 1.35 bits per heavy atom. The third-order valence-electron chi connectivity index (χ3n) is 2.34. The molecule has 0 fully saturated rings. The van der Waals surface area contributed by atoms with Gasteiger partial charge >= 0.3 is 12.0 Å². The molecule has 0 aromatic carbocycles. The van der Waals surface area contributed by atoms with E-state index in [1.54, 1.807) is 6.92 Å². The van der Waals surface area contributed by atoms with Crippen LogP contribution in [0.15, 0.2) is 18.5 Å². The number of pyridine rings is 1. The third-order valence-corrected chi connectivity index (χ3v) is 2.34. The Kier molecular flexibility index (Phi) is 5.45. The van der Waals surface area contributed by atoms with Gasteiger partial charge in [0, 0.05) is 19.8 Å². The summed E-state index contributed by atoms with van der Waals surface area (Å²) in [4.78, 5) is 38.8. The van der Waals surface area contributed by atoms with E-state index in [2.05, 4.69) is 15.6 Å². The summed E-state index contributed by atoms with van der Waals surface area (Å²) in [5, 5.41) is 13.8. The lowest BCUT2D eigenvalue weighted by Crippen LogP contribution is -2.40. The second kappa shape index (κ2) is 7.07. The lowest BCUT2D eigenvalue weighted by Gasteiger charge is -2.17. The SMILES string of the molecule is CCNC(=O)CN(C)C(=O)Nc1cncc(C(=O)O)c1. The Hall–Kier alpha value is -2.64. The topological polar surface area (TPSA) is 112 Å². The van der Waals surface area contributed by atoms with E-state index in [9.17, 15) is 14.4 Å². The molecule has 20 heavy (non-hydrogen) atoms. The number of aromatic carboxylic acids is 1. The van der Waals surface area contributed by atoms with Gasteiger partial charge in [-0.15, -0.1) is 0 Å². The molecule has 0 bridgehead atoms. The van der Waals surface area contributed by atoms with E-state index in [0.29, 0.717) is 6.54 Å². The molecule has 0 atom stereocenters. The zero-order chi connectivity index (χ0) is 15.1. The number of rotatable bonds is 5. The first-order valence-electron chi connectivity index (χ1n) is 5.91. The molecular formula is C12H16N4O4. The number of carbonyl (C=O) groups is 3. The Morgan fingerprint density at radius 2 is 2.05 bits per heavy atom. The molecule has 1 aromatic heterocycles. The molecule has 1 heterocycles. The summed E-state index contributed by atoms with van der Waals surface area (Å²) in [7, 11) is 1.46. The van der Waals surface area contributed by atoms with E-state index in [-0.39, 0.29) is 23.7 Å². The zero-order valence-electron chi connectivity index (χ0n) is 11.2. The number of likely N-dealkylation sites (N-methyl/N-ethyl adjacent to an activating group) is 2. The van der Waals surface area contributed by atoms with Crippen LogP contribution in [-0.2, 0) is 4.79 Å². The van der Waals surface area contributed by atoms with Crippen LogP contribution in [0.25, 0.3) is 0 Å². The minimum atomic E-state index is -1.13. The van der Waals surface area contributed by atoms with Crippen molar-refractivity contribution in [2.45, 2.75) is 6.92 Å². The van der Waals surface area contributed by atoms with Crippen LogP contribution in [-0.4, -0.2) is 53.0 Å². The van der Waals surface area contributed by atoms with Gasteiger partial charge in [-0.05, 0) is 13.0 Å². The number of carboxylic acid groups (broad SMARTS) is 1. The number of amides is 3. The van der Waals surface area contributed by atoms with E-state index >= 15 is 0 Å². The summed E-state index contributed by atoms with van der Waals surface area (Å²) >= 11 is 0. The van der Waals surface area contributed by atoms with Gasteiger partial charge in [-0.1, -0.05) is 0 Å². The van der Waals surface area contributed by atoms with E-state index in [4.69, 9.17) is 5.11 Å². The van der Waals surface area contributed by atoms with Gasteiger partial charge in [0.25, 0.3) is 0 Å². The van der Waals surface area contributed by atoms with E-state index in [0.717, 1.165) is 0 Å². The molecule has 0 saturated heterocycles. The first kappa shape index (κ1) is 15.4. The van der Waals surface area contributed by atoms with Crippen LogP contribution in [0.1, 0.15) is 17.3 Å². The summed E-state index contributed by atoms with van der Waals surface area (Å²) in [6.45, 7) is 2.17. The predicted octanol–water partition coefficient (Wildman–Crippen LogP) is 0.380. The van der Waals surface area contributed by atoms with Crippen LogP contribution >= 0.6 is 0 Å². The largest absolute Gasteiger partial charge is 0.478 e. The first-order chi connectivity index (χ1) is 9.43. The van der Waals surface area contributed by atoms with E-state index < -0.39 is 12.0 Å². The van der Waals surface area contributed by atoms with Crippen molar-refractivity contribution in [2.24, 2.45) is 0 Å². The van der Waals surface area contributed by atoms with Gasteiger partial charge in [-0.25, -0.2) is 9.59 Å². The van der Waals surface area contributed by atoms with Crippen molar-refractivity contribution in [1.29, 1.82) is 0 Å². The normalized spacial score (nSPS) is 9.70. The molecule has 8 nitrogen and oxygen atoms in total. The smallest absolute Gasteiger partial charge is 0.337 e. The van der Waals surface area contributed by atoms with Gasteiger partial charge in [0.15, 0.2) is 0 Å². The average molecular weight is 280 g/mol. The second-order valence-corrected chi connectivity index (χ2v) is 4.01. The summed E-state index contributed by atoms with van der Waals surface area (Å²) in [6, 6.07) is 0.758. The minimum Gasteiger partial charge on any atom is -0.478 e. The fourth-order valence-corrected chi connectivity index (χ4v) is 1.38. The molecule has 3 amide bonds. The number of anilines is 1. The maximum Gasteiger partial charge on any atom is 0.337 e. The number of nitrogens with one attached hydrogen (secondary N) is 2. The lowest BCUT2D eigenvalue weighted by atomic mass is 10.2. The standard InChI is InChI=1S/C12H16N4O4/c1-3-14-10(17)7-16(2)12(20)15-9-4-8(11(18)19)5-13-6-9/h4-6H,3,7H2,1-2H3,(H,14,17)(H,15,20)(H,18,19). The Bertz CT molecular complexity index is 518. The molecule has 1 aromatic rings. The lowest BCUT2D eigenvalue weighted by molar-refractivity contribution is -0.121. The van der Waals surface area contributed by atoms with Crippen molar-refractivity contribution in [2.75, 3.05) is 25.5 Å². The zero-order valence-corrected chi connectivity index (χ0v) is 11.2. The van der Waals surface area contributed by atoms with Crippen molar-refractivity contribution >= 4 is 23.6 Å². The van der Waals surface area contributed by atoms with Crippen LogP contribution in [0.2, 0.25) is 0 Å². The quantitative estimate of drug-likeness (QED) is 0.722. The molecule has 8 heteroatoms. The highest BCUT2D eigenvalue weighted by atomic mass is 16.4. The highest BCUT2D eigenvalue weighted by Crippen LogP contribution is 2.09. The Morgan fingerprint density at radius 3 is 2.65 bits per heavy atom. The Labute approximate surface area is 115 Å². The summed E-state index contributed by atoms with van der Waals surface area (Å²) in [5.74, 6) is -1.41. The monoisotopic (exact) mass is 280 g/mol. The van der Waals surface area contributed by atoms with Crippen molar-refractivity contribution in [3.63, 3.8) is 0 Å². The molecule has 1 rings (SSSR count). The maximum atomic E-state index is 11.8. The highest BCUT2D eigenvalue weighted by Gasteiger charge is 2.13. The number of hydrogen-bond acceptors (Lipinski definition) is 4. The fourth-order valence-electron chi connectivity index (χ4n) is 1.38. The van der Waals surface area contributed by atoms with Crippen LogP contribution in [0.5, 0.6) is 0 Å². The van der Waals surface area contributed by atoms with Gasteiger partial charge in [0.2, 0.25) is 5.91 Å². The minimum absolute atomic E-state index is 0.0332. The highest BCUT2D eigenvalue weighted by molar-refractivity contribution is 5.94. The van der Waals surface area contributed by atoms with Crippen molar-refractivity contribution in [3.8, 4) is 0 Å². The number of carboxylic acids is 1. The molecular weight excluding hydrogens is 264 g/mol. The van der Waals surface area contributed by atoms with E-state index in [1.807, 2.05) is 0 Å². The molecule has 0 unspecified atom stereocenters. The third kappa shape index (κ3) is 4.56. The summed E-state index contributed by atoms with van der Waals surface area (Å²) < 4.78 is 0. The van der Waals surface area contributed by atoms with Gasteiger partial charge < -0.3 is 20.6 Å². The summed E-state index contributed by atoms with van der Waals surface area (Å²) in [6.07, 6.45) is 2.50. The number of aromatic nitrogens is 1. The van der Waals surface area contributed by atoms with Gasteiger partial charge in [0.05, 0.1) is 17.4 Å². The van der Waals surface area contributed by atoms with Crippen LogP contribution in [0.3, 0.4) is 0 Å². The predicted molar refractivity (Wildman–Crippen MR) is 71.5 cm³/mol. The molecule has 0 spiro atoms. The molecule has 0 radical (unpaired) electrons. The molecule has 0 aliphatic carbocycles. The van der Waals surface area contributed by atoms with Gasteiger partial charge in [0.1, 0.15) is 6.54 Å². The molecule has 0 saturated carbocycles. The number of urea groups is 1. The van der Waals surface area contributed by atoms with Crippen molar-refractivity contribution in [1.82, 2.24) is 15.2 Å². The van der Waals surface area contributed by atoms with Crippen molar-refractivity contribution < 1.29 is 19.5 Å². The second-order valence-electron chi connectivity index (χ2n) is 4.01. The van der Waals surface area contributed by atoms with Crippen LogP contribution in [0.4, 0.5) is 10.5 Å². The van der Waals surface area contributed by atoms with Gasteiger partial charge in [-0.2, -0.15) is 0 Å². The molecule has 0 aliphatic heterocycles. The fraction of sp³-hybridized carbons (Fsp3) is 0.333. The van der Waals surface area contributed by atoms with Crippen LogP contribution in [0, 0.1) is 0 Å². The molecule has 0 aliphatic rings. The molecule has 108 valence electrons. The summed E-state index contributed by atoms with van der Waals surface area (Å²) in [5.41, 5.74) is 0.215. The number of nitrogens with zero attached hydrogens (tertiary/aromatic N) is 2. The van der Waals surface area contributed by atoms with Crippen LogP contribution < -0.4 is 10.6 Å². The number of carbonyl (C=O) groups excluding carboxylic acids is 2.